The molecule has 1 nitrogen and oxygen atoms in total. The van der Waals surface area contributed by atoms with E-state index in [0.29, 0.717) is 5.92 Å². The van der Waals surface area contributed by atoms with Gasteiger partial charge in [0.2, 0.25) is 0 Å². The maximum Gasteiger partial charge on any atom is 0.0571 e. The second-order valence-corrected chi connectivity index (χ2v) is 9.82. The van der Waals surface area contributed by atoms with Crippen molar-refractivity contribution < 1.29 is 5.11 Å². The van der Waals surface area contributed by atoms with E-state index in [4.69, 9.17) is 0 Å². The lowest BCUT2D eigenvalue weighted by Crippen LogP contribution is -2.31. The van der Waals surface area contributed by atoms with Crippen LogP contribution in [0.3, 0.4) is 0 Å². The van der Waals surface area contributed by atoms with Gasteiger partial charge < -0.3 is 5.11 Å². The molecular formula is C23H42O. The highest BCUT2D eigenvalue weighted by atomic mass is 16.3. The molecule has 24 heavy (non-hydrogen) atoms. The van der Waals surface area contributed by atoms with Crippen molar-refractivity contribution in [3.63, 3.8) is 0 Å². The van der Waals surface area contributed by atoms with Gasteiger partial charge in [0.15, 0.2) is 0 Å². The first-order valence-electron chi connectivity index (χ1n) is 11.3. The van der Waals surface area contributed by atoms with Crippen LogP contribution in [0.5, 0.6) is 0 Å². The number of aliphatic hydroxyl groups is 1. The lowest BCUT2D eigenvalue weighted by atomic mass is 9.68. The number of hydrogen-bond acceptors (Lipinski definition) is 1. The summed E-state index contributed by atoms with van der Waals surface area (Å²) in [5, 5.41) is 10.7. The van der Waals surface area contributed by atoms with Gasteiger partial charge in [-0.2, -0.15) is 0 Å². The molecule has 0 aromatic rings. The monoisotopic (exact) mass is 334 g/mol. The van der Waals surface area contributed by atoms with Gasteiger partial charge in [-0.05, 0) is 74.0 Å². The summed E-state index contributed by atoms with van der Waals surface area (Å²) < 4.78 is 0. The number of rotatable bonds is 5. The molecule has 140 valence electrons. The maximum absolute atomic E-state index is 10.7. The van der Waals surface area contributed by atoms with E-state index in [1.54, 1.807) is 0 Å². The quantitative estimate of drug-likeness (QED) is 0.601. The molecule has 0 amide bonds. The Morgan fingerprint density at radius 1 is 0.792 bits per heavy atom. The summed E-state index contributed by atoms with van der Waals surface area (Å²) in [4.78, 5) is 0. The first-order valence-corrected chi connectivity index (χ1v) is 11.3. The Morgan fingerprint density at radius 3 is 2.12 bits per heavy atom. The average Bonchev–Trinajstić information content (AvgIpc) is 2.54. The van der Waals surface area contributed by atoms with Crippen LogP contribution in [0.25, 0.3) is 0 Å². The van der Waals surface area contributed by atoms with Crippen molar-refractivity contribution in [2.24, 2.45) is 35.5 Å². The highest BCUT2D eigenvalue weighted by molar-refractivity contribution is 4.84. The van der Waals surface area contributed by atoms with Crippen LogP contribution in [0.4, 0.5) is 0 Å². The molecule has 3 saturated carbocycles. The van der Waals surface area contributed by atoms with Crippen LogP contribution in [0, 0.1) is 35.5 Å². The van der Waals surface area contributed by atoms with Gasteiger partial charge >= 0.3 is 0 Å². The van der Waals surface area contributed by atoms with Crippen molar-refractivity contribution in [1.82, 2.24) is 0 Å². The third-order valence-corrected chi connectivity index (χ3v) is 8.04. The van der Waals surface area contributed by atoms with Crippen molar-refractivity contribution in [1.29, 1.82) is 0 Å². The molecule has 4 atom stereocenters. The Balaban J connectivity index is 1.46. The maximum atomic E-state index is 10.7. The minimum Gasteiger partial charge on any atom is -0.393 e. The second kappa shape index (κ2) is 9.06. The summed E-state index contributed by atoms with van der Waals surface area (Å²) in [6.07, 6.45) is 19.5. The van der Waals surface area contributed by atoms with E-state index in [1.165, 1.54) is 83.5 Å². The minimum atomic E-state index is -0.00528. The van der Waals surface area contributed by atoms with Gasteiger partial charge in [0.25, 0.3) is 0 Å². The zero-order valence-corrected chi connectivity index (χ0v) is 16.4. The summed E-state index contributed by atoms with van der Waals surface area (Å²) in [5.74, 6) is 5.30. The predicted octanol–water partition coefficient (Wildman–Crippen LogP) is 6.59. The van der Waals surface area contributed by atoms with Crippen LogP contribution in [0.2, 0.25) is 0 Å². The molecule has 3 aliphatic rings. The molecule has 0 radical (unpaired) electrons. The number of hydrogen-bond donors (Lipinski definition) is 1. The molecule has 0 saturated heterocycles. The summed E-state index contributed by atoms with van der Waals surface area (Å²) in [5.41, 5.74) is 0. The average molecular weight is 335 g/mol. The normalized spacial score (nSPS) is 40.4. The molecule has 1 N–H and O–H groups in total. The molecule has 3 rings (SSSR count). The fourth-order valence-electron chi connectivity index (χ4n) is 6.12. The Kier molecular flexibility index (Phi) is 7.07. The van der Waals surface area contributed by atoms with Crippen LogP contribution >= 0.6 is 0 Å². The largest absolute Gasteiger partial charge is 0.393 e. The molecule has 0 aromatic carbocycles. The first kappa shape index (κ1) is 18.7. The zero-order valence-electron chi connectivity index (χ0n) is 16.4. The van der Waals surface area contributed by atoms with E-state index < -0.39 is 0 Å². The molecule has 3 aliphatic carbocycles. The SMILES string of the molecule is CCC1CCC(C2CCCC(C(O)CC3CCC3)C[C@@H](C)C2)CC1. The van der Waals surface area contributed by atoms with E-state index in [2.05, 4.69) is 13.8 Å². The Labute approximate surface area is 151 Å². The fraction of sp³-hybridized carbons (Fsp3) is 1.00. The van der Waals surface area contributed by atoms with Crippen LogP contribution in [-0.4, -0.2) is 11.2 Å². The fourth-order valence-corrected chi connectivity index (χ4v) is 6.12. The lowest BCUT2D eigenvalue weighted by molar-refractivity contribution is 0.0386. The highest BCUT2D eigenvalue weighted by Crippen LogP contribution is 2.43. The van der Waals surface area contributed by atoms with Gasteiger partial charge in [0.05, 0.1) is 6.10 Å². The van der Waals surface area contributed by atoms with Crippen LogP contribution < -0.4 is 0 Å². The van der Waals surface area contributed by atoms with Crippen LogP contribution in [0.15, 0.2) is 0 Å². The van der Waals surface area contributed by atoms with Gasteiger partial charge in [-0.15, -0.1) is 0 Å². The lowest BCUT2D eigenvalue weighted by Gasteiger charge is -2.38. The standard InChI is InChI=1S/C23H42O/c1-3-18-10-12-20(13-11-18)21-8-5-9-22(15-17(2)14-21)23(24)16-19-6-4-7-19/h17-24H,3-16H2,1-2H3/t17-,18?,20?,21?,22?,23?/m0/s1. The van der Waals surface area contributed by atoms with Crippen molar-refractivity contribution in [3.8, 4) is 0 Å². The van der Waals surface area contributed by atoms with Crippen molar-refractivity contribution in [2.45, 2.75) is 110 Å². The molecular weight excluding hydrogens is 292 g/mol. The van der Waals surface area contributed by atoms with Gasteiger partial charge in [-0.1, -0.05) is 65.2 Å². The van der Waals surface area contributed by atoms with Gasteiger partial charge in [-0.25, -0.2) is 0 Å². The van der Waals surface area contributed by atoms with Crippen molar-refractivity contribution in [2.75, 3.05) is 0 Å². The third-order valence-electron chi connectivity index (χ3n) is 8.04. The van der Waals surface area contributed by atoms with E-state index in [0.717, 1.165) is 36.0 Å². The second-order valence-electron chi connectivity index (χ2n) is 9.82. The summed E-state index contributed by atoms with van der Waals surface area (Å²) in [6.45, 7) is 4.84. The van der Waals surface area contributed by atoms with Gasteiger partial charge in [0.1, 0.15) is 0 Å². The van der Waals surface area contributed by atoms with Crippen LogP contribution in [0.1, 0.15) is 104 Å². The first-order chi connectivity index (χ1) is 11.7. The third kappa shape index (κ3) is 4.99. The topological polar surface area (TPSA) is 20.2 Å². The van der Waals surface area contributed by atoms with E-state index >= 15 is 0 Å². The van der Waals surface area contributed by atoms with E-state index in [9.17, 15) is 5.11 Å². The summed E-state index contributed by atoms with van der Waals surface area (Å²) >= 11 is 0. The van der Waals surface area contributed by atoms with Gasteiger partial charge in [-0.3, -0.25) is 0 Å². The Morgan fingerprint density at radius 2 is 1.50 bits per heavy atom. The predicted molar refractivity (Wildman–Crippen MR) is 103 cm³/mol. The molecule has 0 bridgehead atoms. The van der Waals surface area contributed by atoms with Gasteiger partial charge in [0, 0.05) is 0 Å². The molecule has 3 unspecified atom stereocenters. The summed E-state index contributed by atoms with van der Waals surface area (Å²) in [6, 6.07) is 0. The molecule has 0 aromatic heterocycles. The molecule has 0 spiro atoms. The Bertz CT molecular complexity index is 353. The van der Waals surface area contributed by atoms with Crippen LogP contribution in [-0.2, 0) is 0 Å². The molecule has 3 fully saturated rings. The summed E-state index contributed by atoms with van der Waals surface area (Å²) in [7, 11) is 0. The smallest absolute Gasteiger partial charge is 0.0571 e. The zero-order chi connectivity index (χ0) is 16.9. The van der Waals surface area contributed by atoms with Crippen molar-refractivity contribution >= 4 is 0 Å². The Hall–Kier alpha value is -0.0400. The minimum absolute atomic E-state index is 0.00528. The van der Waals surface area contributed by atoms with E-state index in [-0.39, 0.29) is 6.10 Å². The van der Waals surface area contributed by atoms with Crippen molar-refractivity contribution in [3.05, 3.63) is 0 Å². The number of aliphatic hydroxyl groups excluding tert-OH is 1. The van der Waals surface area contributed by atoms with E-state index in [1.807, 2.05) is 0 Å². The molecule has 1 heteroatoms. The molecule has 0 heterocycles. The highest BCUT2D eigenvalue weighted by Gasteiger charge is 2.32. The molecule has 0 aliphatic heterocycles.